The highest BCUT2D eigenvalue weighted by atomic mass is 16.6. The molecule has 2 aliphatic rings. The van der Waals surface area contributed by atoms with Gasteiger partial charge in [0.2, 0.25) is 0 Å². The number of carbonyl (C=O) groups excluding carboxylic acids is 1. The van der Waals surface area contributed by atoms with Crippen molar-refractivity contribution < 1.29 is 24.4 Å². The summed E-state index contributed by atoms with van der Waals surface area (Å²) in [5.74, 6) is -1.35. The predicted octanol–water partition coefficient (Wildman–Crippen LogP) is 1.72. The highest BCUT2D eigenvalue weighted by Crippen LogP contribution is 2.33. The van der Waals surface area contributed by atoms with Crippen LogP contribution in [0.3, 0.4) is 0 Å². The molecule has 2 atom stereocenters. The molecule has 1 heterocycles. The van der Waals surface area contributed by atoms with Crippen LogP contribution in [0.25, 0.3) is 0 Å². The summed E-state index contributed by atoms with van der Waals surface area (Å²) in [6, 6.07) is 6.38. The second-order valence-electron chi connectivity index (χ2n) is 6.11. The quantitative estimate of drug-likeness (QED) is 0.626. The van der Waals surface area contributed by atoms with Crippen LogP contribution in [0.2, 0.25) is 0 Å². The number of para-hydroxylation sites is 1. The fourth-order valence-electron chi connectivity index (χ4n) is 2.96. The third-order valence-corrected chi connectivity index (χ3v) is 4.37. The molecule has 0 spiro atoms. The third kappa shape index (κ3) is 3.38. The first kappa shape index (κ1) is 16.4. The Hall–Kier alpha value is -2.48. The van der Waals surface area contributed by atoms with Crippen LogP contribution in [-0.2, 0) is 20.9 Å². The van der Waals surface area contributed by atoms with Gasteiger partial charge in [0.15, 0.2) is 6.10 Å². The molecule has 1 saturated carbocycles. The van der Waals surface area contributed by atoms with E-state index >= 15 is 0 Å². The van der Waals surface area contributed by atoms with Gasteiger partial charge in [-0.2, -0.15) is 0 Å². The summed E-state index contributed by atoms with van der Waals surface area (Å²) in [7, 11) is 0. The fraction of sp³-hybridized carbons (Fsp3) is 0.500. The van der Waals surface area contributed by atoms with Crippen LogP contribution in [0.15, 0.2) is 24.3 Å². The number of aliphatic carboxylic acids is 1. The molecular formula is C16H18N2O6. The maximum Gasteiger partial charge on any atom is 0.332 e. The summed E-state index contributed by atoms with van der Waals surface area (Å²) in [5, 5.41) is 20.1. The summed E-state index contributed by atoms with van der Waals surface area (Å²) < 4.78 is 5.33. The number of amides is 1. The fourth-order valence-corrected chi connectivity index (χ4v) is 2.96. The van der Waals surface area contributed by atoms with E-state index in [1.165, 1.54) is 6.07 Å². The molecule has 24 heavy (non-hydrogen) atoms. The average Bonchev–Trinajstić information content (AvgIpc) is 3.27. The molecule has 128 valence electrons. The number of hydrogen-bond donors (Lipinski definition) is 1. The van der Waals surface area contributed by atoms with Gasteiger partial charge in [0, 0.05) is 17.7 Å². The van der Waals surface area contributed by atoms with Crippen molar-refractivity contribution in [1.29, 1.82) is 0 Å². The first-order valence-electron chi connectivity index (χ1n) is 7.88. The zero-order valence-corrected chi connectivity index (χ0v) is 13.0. The van der Waals surface area contributed by atoms with E-state index in [0.29, 0.717) is 18.4 Å². The van der Waals surface area contributed by atoms with Gasteiger partial charge in [-0.3, -0.25) is 14.9 Å². The number of hydrogen-bond acceptors (Lipinski definition) is 5. The lowest BCUT2D eigenvalue weighted by Crippen LogP contribution is -2.40. The molecule has 1 saturated heterocycles. The van der Waals surface area contributed by atoms with Gasteiger partial charge < -0.3 is 14.7 Å². The number of ether oxygens (including phenoxy) is 1. The predicted molar refractivity (Wildman–Crippen MR) is 82.2 cm³/mol. The van der Waals surface area contributed by atoms with Crippen LogP contribution in [0.5, 0.6) is 0 Å². The van der Waals surface area contributed by atoms with Gasteiger partial charge in [-0.25, -0.2) is 4.79 Å². The minimum absolute atomic E-state index is 0.0216. The van der Waals surface area contributed by atoms with E-state index in [-0.39, 0.29) is 24.2 Å². The zero-order chi connectivity index (χ0) is 17.3. The molecule has 3 rings (SSSR count). The molecule has 0 bridgehead atoms. The van der Waals surface area contributed by atoms with Crippen molar-refractivity contribution >= 4 is 17.6 Å². The Morgan fingerprint density at radius 3 is 2.46 bits per heavy atom. The van der Waals surface area contributed by atoms with Gasteiger partial charge in [0.25, 0.3) is 11.6 Å². The highest BCUT2D eigenvalue weighted by molar-refractivity contribution is 5.83. The smallest absolute Gasteiger partial charge is 0.332 e. The van der Waals surface area contributed by atoms with Crippen LogP contribution in [0.1, 0.15) is 31.2 Å². The van der Waals surface area contributed by atoms with Gasteiger partial charge in [-0.05, 0) is 25.7 Å². The number of nitrogens with zero attached hydrogens (tertiary/aromatic N) is 2. The number of carboxylic acids is 1. The van der Waals surface area contributed by atoms with Crippen molar-refractivity contribution in [2.45, 2.75) is 50.5 Å². The molecule has 1 aromatic rings. The second kappa shape index (κ2) is 6.56. The Morgan fingerprint density at radius 1 is 1.21 bits per heavy atom. The van der Waals surface area contributed by atoms with Gasteiger partial charge >= 0.3 is 5.97 Å². The standard InChI is InChI=1S/C16H18N2O6/c19-15(13-7-8-14(24-13)16(20)21)17(11-5-6-11)9-10-3-1-2-4-12(10)18(22)23/h1-4,11,13-14H,5-9H2,(H,20,21)/t13-,14+/m0/s1. The van der Waals surface area contributed by atoms with Gasteiger partial charge in [0.1, 0.15) is 6.10 Å². The maximum atomic E-state index is 12.7. The van der Waals surface area contributed by atoms with Crippen molar-refractivity contribution in [1.82, 2.24) is 4.90 Å². The van der Waals surface area contributed by atoms with Crippen molar-refractivity contribution in [3.05, 3.63) is 39.9 Å². The van der Waals surface area contributed by atoms with Crippen molar-refractivity contribution in [3.8, 4) is 0 Å². The summed E-state index contributed by atoms with van der Waals surface area (Å²) in [4.78, 5) is 36.0. The zero-order valence-electron chi connectivity index (χ0n) is 13.0. The Bertz CT molecular complexity index is 672. The van der Waals surface area contributed by atoms with Crippen LogP contribution in [0.4, 0.5) is 5.69 Å². The number of carboxylic acid groups (broad SMARTS) is 1. The molecule has 0 radical (unpaired) electrons. The molecule has 1 N–H and O–H groups in total. The summed E-state index contributed by atoms with van der Waals surface area (Å²) >= 11 is 0. The summed E-state index contributed by atoms with van der Waals surface area (Å²) in [5.41, 5.74) is 0.447. The van der Waals surface area contributed by atoms with Gasteiger partial charge in [-0.15, -0.1) is 0 Å². The molecule has 0 unspecified atom stereocenters. The number of carbonyl (C=O) groups is 2. The number of nitro groups is 1. The Labute approximate surface area is 138 Å². The molecule has 8 heteroatoms. The third-order valence-electron chi connectivity index (χ3n) is 4.37. The average molecular weight is 334 g/mol. The van der Waals surface area contributed by atoms with Gasteiger partial charge in [0.05, 0.1) is 11.5 Å². The van der Waals surface area contributed by atoms with Crippen LogP contribution >= 0.6 is 0 Å². The summed E-state index contributed by atoms with van der Waals surface area (Å²) in [6.45, 7) is 0.137. The van der Waals surface area contributed by atoms with Crippen LogP contribution < -0.4 is 0 Å². The molecule has 1 aromatic carbocycles. The first-order chi connectivity index (χ1) is 11.5. The minimum atomic E-state index is -1.07. The lowest BCUT2D eigenvalue weighted by atomic mass is 10.1. The molecule has 1 amide bonds. The normalized spacial score (nSPS) is 23.0. The molecule has 1 aliphatic heterocycles. The van der Waals surface area contributed by atoms with E-state index in [9.17, 15) is 19.7 Å². The Morgan fingerprint density at radius 2 is 1.88 bits per heavy atom. The second-order valence-corrected chi connectivity index (χ2v) is 6.11. The molecule has 2 fully saturated rings. The van der Waals surface area contributed by atoms with E-state index in [0.717, 1.165) is 12.8 Å². The van der Waals surface area contributed by atoms with Crippen molar-refractivity contribution in [2.24, 2.45) is 0 Å². The highest BCUT2D eigenvalue weighted by Gasteiger charge is 2.41. The minimum Gasteiger partial charge on any atom is -0.479 e. The largest absolute Gasteiger partial charge is 0.479 e. The van der Waals surface area contributed by atoms with Crippen molar-refractivity contribution in [3.63, 3.8) is 0 Å². The van der Waals surface area contributed by atoms with Crippen molar-refractivity contribution in [2.75, 3.05) is 0 Å². The SMILES string of the molecule is O=C(O)[C@H]1CC[C@@H](C(=O)N(Cc2ccccc2[N+](=O)[O-])C2CC2)O1. The summed E-state index contributed by atoms with van der Waals surface area (Å²) in [6.07, 6.45) is 0.620. The number of rotatable bonds is 6. The molecule has 8 nitrogen and oxygen atoms in total. The maximum absolute atomic E-state index is 12.7. The Kier molecular flexibility index (Phi) is 4.48. The first-order valence-corrected chi connectivity index (χ1v) is 7.88. The molecule has 1 aliphatic carbocycles. The van der Waals surface area contributed by atoms with E-state index in [4.69, 9.17) is 9.84 Å². The van der Waals surface area contributed by atoms with E-state index in [2.05, 4.69) is 0 Å². The van der Waals surface area contributed by atoms with E-state index in [1.54, 1.807) is 23.1 Å². The van der Waals surface area contributed by atoms with Crippen LogP contribution in [0, 0.1) is 10.1 Å². The lowest BCUT2D eigenvalue weighted by Gasteiger charge is -2.25. The van der Waals surface area contributed by atoms with Gasteiger partial charge in [-0.1, -0.05) is 18.2 Å². The molecular weight excluding hydrogens is 316 g/mol. The molecule has 0 aromatic heterocycles. The number of nitro benzene ring substituents is 1. The van der Waals surface area contributed by atoms with E-state index < -0.39 is 23.1 Å². The topological polar surface area (TPSA) is 110 Å². The van der Waals surface area contributed by atoms with Crippen LogP contribution in [-0.4, -0.2) is 45.1 Å². The number of benzene rings is 1. The Balaban J connectivity index is 1.75. The lowest BCUT2D eigenvalue weighted by molar-refractivity contribution is -0.385. The van der Waals surface area contributed by atoms with E-state index in [1.807, 2.05) is 0 Å². The monoisotopic (exact) mass is 334 g/mol.